The number of hydrogen-bond donors (Lipinski definition) is 1. The zero-order valence-electron chi connectivity index (χ0n) is 10.8. The maximum atomic E-state index is 11.2. The van der Waals surface area contributed by atoms with Crippen LogP contribution in [0.5, 0.6) is 0 Å². The summed E-state index contributed by atoms with van der Waals surface area (Å²) in [6, 6.07) is 1.67. The second-order valence-corrected chi connectivity index (χ2v) is 6.51. The van der Waals surface area contributed by atoms with Crippen LogP contribution in [-0.2, 0) is 6.54 Å². The fourth-order valence-corrected chi connectivity index (χ4v) is 2.98. The van der Waals surface area contributed by atoms with E-state index in [0.29, 0.717) is 5.69 Å². The highest BCUT2D eigenvalue weighted by molar-refractivity contribution is 9.10. The number of carboxylic acids is 1. The first-order valence-electron chi connectivity index (χ1n) is 6.17. The molecule has 0 spiro atoms. The molecule has 4 nitrogen and oxygen atoms in total. The molecule has 0 atom stereocenters. The van der Waals surface area contributed by atoms with E-state index in [1.807, 2.05) is 10.8 Å². The predicted octanol–water partition coefficient (Wildman–Crippen LogP) is 2.68. The number of hydrogen-bond acceptors (Lipinski definition) is 2. The van der Waals surface area contributed by atoms with Gasteiger partial charge in [-0.15, -0.1) is 0 Å². The van der Waals surface area contributed by atoms with Gasteiger partial charge in [0.05, 0.1) is 0 Å². The van der Waals surface area contributed by atoms with Crippen LogP contribution in [0, 0.1) is 5.41 Å². The molecule has 0 unspecified atom stereocenters. The average molecular weight is 315 g/mol. The van der Waals surface area contributed by atoms with E-state index in [4.69, 9.17) is 0 Å². The molecule has 1 fully saturated rings. The van der Waals surface area contributed by atoms with Crippen molar-refractivity contribution in [2.75, 3.05) is 20.1 Å². The quantitative estimate of drug-likeness (QED) is 0.933. The van der Waals surface area contributed by atoms with E-state index in [9.17, 15) is 9.90 Å². The summed E-state index contributed by atoms with van der Waals surface area (Å²) in [5.41, 5.74) is 0.553. The van der Waals surface area contributed by atoms with Gasteiger partial charge in [-0.25, -0.2) is 4.79 Å². The van der Waals surface area contributed by atoms with Crippen LogP contribution < -0.4 is 0 Å². The Morgan fingerprint density at radius 1 is 1.50 bits per heavy atom. The maximum Gasteiger partial charge on any atom is 0.352 e. The van der Waals surface area contributed by atoms with E-state index in [-0.39, 0.29) is 5.41 Å². The summed E-state index contributed by atoms with van der Waals surface area (Å²) in [7, 11) is 2.13. The smallest absolute Gasteiger partial charge is 0.352 e. The molecule has 1 N–H and O–H groups in total. The second-order valence-electron chi connectivity index (χ2n) is 5.59. The van der Waals surface area contributed by atoms with Crippen LogP contribution in [0.4, 0.5) is 0 Å². The summed E-state index contributed by atoms with van der Waals surface area (Å²) in [6.45, 7) is 5.19. The SMILES string of the molecule is CN1CCC(C)(Cn2cc(Br)cc2C(=O)O)CC1. The standard InChI is InChI=1S/C13H19BrN2O2/c1-13(3-5-15(2)6-4-13)9-16-8-10(14)7-11(16)12(17)18/h7-8H,3-6,9H2,1-2H3,(H,17,18). The fraction of sp³-hybridized carbons (Fsp3) is 0.615. The number of carboxylic acid groups (broad SMARTS) is 1. The van der Waals surface area contributed by atoms with Gasteiger partial charge in [-0.05, 0) is 60.4 Å². The van der Waals surface area contributed by atoms with Crippen LogP contribution in [0.3, 0.4) is 0 Å². The summed E-state index contributed by atoms with van der Waals surface area (Å²) in [4.78, 5) is 13.5. The first kappa shape index (κ1) is 13.6. The number of rotatable bonds is 3. The van der Waals surface area contributed by atoms with Crippen molar-refractivity contribution in [3.63, 3.8) is 0 Å². The Morgan fingerprint density at radius 2 is 2.11 bits per heavy atom. The fourth-order valence-electron chi connectivity index (χ4n) is 2.51. The highest BCUT2D eigenvalue weighted by Crippen LogP contribution is 2.33. The Morgan fingerprint density at radius 3 is 2.67 bits per heavy atom. The molecule has 100 valence electrons. The number of aromatic nitrogens is 1. The summed E-state index contributed by atoms with van der Waals surface area (Å²) in [5, 5.41) is 9.18. The molecule has 0 aliphatic carbocycles. The zero-order valence-corrected chi connectivity index (χ0v) is 12.4. The second kappa shape index (κ2) is 5.05. The van der Waals surface area contributed by atoms with Crippen molar-refractivity contribution in [3.8, 4) is 0 Å². The predicted molar refractivity (Wildman–Crippen MR) is 73.9 cm³/mol. The molecule has 0 radical (unpaired) electrons. The van der Waals surface area contributed by atoms with E-state index in [2.05, 4.69) is 34.8 Å². The molecule has 0 aromatic carbocycles. The molecule has 1 aromatic heterocycles. The zero-order chi connectivity index (χ0) is 13.3. The van der Waals surface area contributed by atoms with Crippen LogP contribution in [0.15, 0.2) is 16.7 Å². The van der Waals surface area contributed by atoms with Gasteiger partial charge in [-0.2, -0.15) is 0 Å². The molecule has 0 bridgehead atoms. The molecule has 5 heteroatoms. The van der Waals surface area contributed by atoms with E-state index in [1.54, 1.807) is 6.07 Å². The van der Waals surface area contributed by atoms with Gasteiger partial charge in [0.1, 0.15) is 5.69 Å². The van der Waals surface area contributed by atoms with Gasteiger partial charge in [0.2, 0.25) is 0 Å². The van der Waals surface area contributed by atoms with Gasteiger partial charge < -0.3 is 14.6 Å². The largest absolute Gasteiger partial charge is 0.477 e. The molecule has 2 heterocycles. The van der Waals surface area contributed by atoms with Crippen molar-refractivity contribution >= 4 is 21.9 Å². The summed E-state index contributed by atoms with van der Waals surface area (Å²) in [5.74, 6) is -0.864. The van der Waals surface area contributed by atoms with Crippen LogP contribution >= 0.6 is 15.9 Å². The Labute approximate surface area is 116 Å². The van der Waals surface area contributed by atoms with E-state index >= 15 is 0 Å². The summed E-state index contributed by atoms with van der Waals surface area (Å²) < 4.78 is 2.69. The van der Waals surface area contributed by atoms with E-state index in [0.717, 1.165) is 36.9 Å². The van der Waals surface area contributed by atoms with Crippen molar-refractivity contribution in [3.05, 3.63) is 22.4 Å². The van der Waals surface area contributed by atoms with Gasteiger partial charge in [0.15, 0.2) is 0 Å². The molecular formula is C13H19BrN2O2. The van der Waals surface area contributed by atoms with Gasteiger partial charge in [-0.3, -0.25) is 0 Å². The lowest BCUT2D eigenvalue weighted by Crippen LogP contribution is -2.38. The van der Waals surface area contributed by atoms with Gasteiger partial charge in [0, 0.05) is 17.2 Å². The first-order valence-corrected chi connectivity index (χ1v) is 6.96. The number of piperidine rings is 1. The number of aromatic carboxylic acids is 1. The van der Waals surface area contributed by atoms with Gasteiger partial charge in [-0.1, -0.05) is 6.92 Å². The van der Waals surface area contributed by atoms with Crippen molar-refractivity contribution in [2.24, 2.45) is 5.41 Å². The lowest BCUT2D eigenvalue weighted by molar-refractivity contribution is 0.0674. The highest BCUT2D eigenvalue weighted by Gasteiger charge is 2.30. The Hall–Kier alpha value is -0.810. The number of nitrogens with zero attached hydrogens (tertiary/aromatic N) is 2. The topological polar surface area (TPSA) is 45.5 Å². The monoisotopic (exact) mass is 314 g/mol. The Kier molecular flexibility index (Phi) is 3.82. The third kappa shape index (κ3) is 2.95. The normalized spacial score (nSPS) is 19.9. The first-order chi connectivity index (χ1) is 8.39. The minimum Gasteiger partial charge on any atom is -0.477 e. The van der Waals surface area contributed by atoms with Crippen molar-refractivity contribution < 1.29 is 9.90 Å². The maximum absolute atomic E-state index is 11.2. The molecular weight excluding hydrogens is 296 g/mol. The minimum atomic E-state index is -0.864. The third-order valence-corrected chi connectivity index (χ3v) is 4.26. The number of halogens is 1. The van der Waals surface area contributed by atoms with E-state index < -0.39 is 5.97 Å². The van der Waals surface area contributed by atoms with Crippen LogP contribution in [0.25, 0.3) is 0 Å². The van der Waals surface area contributed by atoms with Crippen LogP contribution in [0.1, 0.15) is 30.3 Å². The van der Waals surface area contributed by atoms with Crippen molar-refractivity contribution in [2.45, 2.75) is 26.3 Å². The molecule has 18 heavy (non-hydrogen) atoms. The van der Waals surface area contributed by atoms with E-state index in [1.165, 1.54) is 0 Å². The van der Waals surface area contributed by atoms with Crippen LogP contribution in [0.2, 0.25) is 0 Å². The molecule has 1 aliphatic rings. The van der Waals surface area contributed by atoms with Gasteiger partial charge in [0.25, 0.3) is 0 Å². The van der Waals surface area contributed by atoms with Crippen molar-refractivity contribution in [1.82, 2.24) is 9.47 Å². The number of carbonyl (C=O) groups is 1. The Balaban J connectivity index is 2.16. The molecule has 0 amide bonds. The summed E-state index contributed by atoms with van der Waals surface area (Å²) >= 11 is 3.35. The van der Waals surface area contributed by atoms with Crippen LogP contribution in [-0.4, -0.2) is 40.7 Å². The van der Waals surface area contributed by atoms with Crippen molar-refractivity contribution in [1.29, 1.82) is 0 Å². The molecule has 1 aromatic rings. The lowest BCUT2D eigenvalue weighted by Gasteiger charge is -2.38. The highest BCUT2D eigenvalue weighted by atomic mass is 79.9. The van der Waals surface area contributed by atoms with Gasteiger partial charge >= 0.3 is 5.97 Å². The third-order valence-electron chi connectivity index (χ3n) is 3.83. The lowest BCUT2D eigenvalue weighted by atomic mass is 9.80. The molecule has 2 rings (SSSR count). The Bertz CT molecular complexity index is 448. The average Bonchev–Trinajstić information content (AvgIpc) is 2.64. The number of likely N-dealkylation sites (tertiary alicyclic amines) is 1. The molecule has 1 saturated heterocycles. The minimum absolute atomic E-state index is 0.190. The summed E-state index contributed by atoms with van der Waals surface area (Å²) in [6.07, 6.45) is 4.09. The molecule has 0 saturated carbocycles. The molecule has 1 aliphatic heterocycles.